The third-order valence-corrected chi connectivity index (χ3v) is 7.06. The smallest absolute Gasteiger partial charge is 0.253 e. The van der Waals surface area contributed by atoms with Crippen LogP contribution in [0.3, 0.4) is 0 Å². The molecule has 2 fully saturated rings. The zero-order valence-corrected chi connectivity index (χ0v) is 21.7. The minimum Gasteiger partial charge on any atom is -0.355 e. The third kappa shape index (κ3) is 7.19. The van der Waals surface area contributed by atoms with E-state index in [2.05, 4.69) is 24.1 Å². The molecule has 0 bridgehead atoms. The molecule has 34 heavy (non-hydrogen) atoms. The van der Waals surface area contributed by atoms with Crippen molar-refractivity contribution in [2.24, 2.45) is 17.3 Å². The minimum atomic E-state index is -0.179. The maximum Gasteiger partial charge on any atom is 0.253 e. The minimum absolute atomic E-state index is 0.00608. The van der Waals surface area contributed by atoms with Crippen LogP contribution < -0.4 is 5.32 Å². The number of likely N-dealkylation sites (tertiary alicyclic amines) is 2. The first-order valence-corrected chi connectivity index (χ1v) is 12.7. The lowest BCUT2D eigenvalue weighted by Gasteiger charge is -2.38. The molecule has 8 heteroatoms. The molecule has 0 aliphatic carbocycles. The number of nitrogens with one attached hydrogen (secondary N) is 1. The molecular weight excluding hydrogens is 452 g/mol. The predicted octanol–water partition coefficient (Wildman–Crippen LogP) is 3.13. The van der Waals surface area contributed by atoms with Gasteiger partial charge in [0.2, 0.25) is 11.8 Å². The van der Waals surface area contributed by atoms with Gasteiger partial charge in [0.05, 0.1) is 5.92 Å². The molecule has 1 aromatic rings. The van der Waals surface area contributed by atoms with Crippen molar-refractivity contribution in [2.45, 2.75) is 39.5 Å². The predicted molar refractivity (Wildman–Crippen MR) is 135 cm³/mol. The number of nitrogens with zero attached hydrogens (tertiary/aromatic N) is 3. The van der Waals surface area contributed by atoms with Gasteiger partial charge in [0.25, 0.3) is 5.91 Å². The fourth-order valence-electron chi connectivity index (χ4n) is 5.14. The van der Waals surface area contributed by atoms with Crippen LogP contribution in [0.1, 0.15) is 49.9 Å². The van der Waals surface area contributed by atoms with Crippen molar-refractivity contribution in [2.75, 3.05) is 53.4 Å². The van der Waals surface area contributed by atoms with E-state index in [9.17, 15) is 14.4 Å². The molecule has 2 heterocycles. The molecule has 2 saturated heterocycles. The summed E-state index contributed by atoms with van der Waals surface area (Å²) in [6.07, 6.45) is 2.99. The summed E-state index contributed by atoms with van der Waals surface area (Å²) in [6, 6.07) is 6.89. The van der Waals surface area contributed by atoms with E-state index in [0.717, 1.165) is 19.4 Å². The SMILES string of the molecule is CN(C)CC(C)(C)CNC(=O)C1CCN(C(=O)C2CCCN(C(=O)c3ccc(Cl)cc3)C2)CC1. The Morgan fingerprint density at radius 3 is 2.26 bits per heavy atom. The molecule has 188 valence electrons. The highest BCUT2D eigenvalue weighted by Crippen LogP contribution is 2.25. The van der Waals surface area contributed by atoms with Crippen molar-refractivity contribution in [1.82, 2.24) is 20.0 Å². The van der Waals surface area contributed by atoms with Gasteiger partial charge in [-0.05, 0) is 69.5 Å². The van der Waals surface area contributed by atoms with E-state index in [-0.39, 0.29) is 35.0 Å². The Balaban J connectivity index is 1.47. The Hall–Kier alpha value is -2.12. The van der Waals surface area contributed by atoms with Gasteiger partial charge in [0.15, 0.2) is 0 Å². The molecule has 0 spiro atoms. The summed E-state index contributed by atoms with van der Waals surface area (Å²) in [5.74, 6) is -0.0756. The second-order valence-corrected chi connectivity index (χ2v) is 11.3. The zero-order chi connectivity index (χ0) is 24.9. The normalized spacial score (nSPS) is 19.9. The summed E-state index contributed by atoms with van der Waals surface area (Å²) in [5.41, 5.74) is 0.602. The van der Waals surface area contributed by atoms with Crippen molar-refractivity contribution in [3.63, 3.8) is 0 Å². The Morgan fingerprint density at radius 2 is 1.65 bits per heavy atom. The lowest BCUT2D eigenvalue weighted by atomic mass is 9.90. The fourth-order valence-corrected chi connectivity index (χ4v) is 5.27. The van der Waals surface area contributed by atoms with Gasteiger partial charge in [-0.1, -0.05) is 25.4 Å². The first-order chi connectivity index (χ1) is 16.1. The maximum absolute atomic E-state index is 13.2. The standard InChI is InChI=1S/C26H39ClN4O3/c1-26(2,18-29(3)4)17-28-23(32)19-11-14-30(15-12-19)25(34)21-6-5-13-31(16-21)24(33)20-7-9-22(27)10-8-20/h7-10,19,21H,5-6,11-18H2,1-4H3,(H,28,32). The number of amides is 3. The van der Waals surface area contributed by atoms with Crippen molar-refractivity contribution in [3.8, 4) is 0 Å². The Kier molecular flexibility index (Phi) is 8.99. The molecule has 7 nitrogen and oxygen atoms in total. The Labute approximate surface area is 208 Å². The van der Waals surface area contributed by atoms with Crippen molar-refractivity contribution >= 4 is 29.3 Å². The second kappa shape index (κ2) is 11.5. The van der Waals surface area contributed by atoms with Crippen LogP contribution in [0.25, 0.3) is 0 Å². The highest BCUT2D eigenvalue weighted by molar-refractivity contribution is 6.30. The van der Waals surface area contributed by atoms with Crippen LogP contribution in [-0.4, -0.2) is 85.8 Å². The Bertz CT molecular complexity index is 863. The molecule has 0 radical (unpaired) electrons. The number of hydrogen-bond donors (Lipinski definition) is 1. The van der Waals surface area contributed by atoms with Crippen LogP contribution in [0.15, 0.2) is 24.3 Å². The highest BCUT2D eigenvalue weighted by atomic mass is 35.5. The summed E-state index contributed by atoms with van der Waals surface area (Å²) in [6.45, 7) is 8.15. The van der Waals surface area contributed by atoms with Crippen LogP contribution in [-0.2, 0) is 9.59 Å². The lowest BCUT2D eigenvalue weighted by Crippen LogP contribution is -2.50. The van der Waals surface area contributed by atoms with Gasteiger partial charge in [-0.15, -0.1) is 0 Å². The van der Waals surface area contributed by atoms with E-state index in [1.807, 2.05) is 19.0 Å². The number of hydrogen-bond acceptors (Lipinski definition) is 4. The van der Waals surface area contributed by atoms with Gasteiger partial charge < -0.3 is 20.0 Å². The molecule has 0 aromatic heterocycles. The maximum atomic E-state index is 13.2. The zero-order valence-electron chi connectivity index (χ0n) is 21.0. The van der Waals surface area contributed by atoms with Gasteiger partial charge in [0.1, 0.15) is 0 Å². The molecule has 2 aliphatic heterocycles. The summed E-state index contributed by atoms with van der Waals surface area (Å²) in [7, 11) is 4.07. The van der Waals surface area contributed by atoms with E-state index < -0.39 is 0 Å². The van der Waals surface area contributed by atoms with Crippen LogP contribution in [0.5, 0.6) is 0 Å². The van der Waals surface area contributed by atoms with E-state index >= 15 is 0 Å². The molecule has 0 saturated carbocycles. The molecule has 3 amide bonds. The topological polar surface area (TPSA) is 73.0 Å². The summed E-state index contributed by atoms with van der Waals surface area (Å²) >= 11 is 5.94. The summed E-state index contributed by atoms with van der Waals surface area (Å²) in [4.78, 5) is 44.6. The summed E-state index contributed by atoms with van der Waals surface area (Å²) < 4.78 is 0. The molecule has 3 rings (SSSR count). The summed E-state index contributed by atoms with van der Waals surface area (Å²) in [5, 5.41) is 3.72. The van der Waals surface area contributed by atoms with Gasteiger partial charge in [0, 0.05) is 55.8 Å². The molecule has 2 aliphatic rings. The van der Waals surface area contributed by atoms with Gasteiger partial charge in [-0.2, -0.15) is 0 Å². The first kappa shape index (κ1) is 26.5. The van der Waals surface area contributed by atoms with Crippen LogP contribution in [0, 0.1) is 17.3 Å². The van der Waals surface area contributed by atoms with E-state index in [1.165, 1.54) is 0 Å². The van der Waals surface area contributed by atoms with Gasteiger partial charge in [-0.3, -0.25) is 14.4 Å². The molecule has 1 N–H and O–H groups in total. The lowest BCUT2D eigenvalue weighted by molar-refractivity contribution is -0.140. The number of piperidine rings is 2. The van der Waals surface area contributed by atoms with Crippen LogP contribution in [0.4, 0.5) is 0 Å². The van der Waals surface area contributed by atoms with E-state index in [1.54, 1.807) is 29.2 Å². The van der Waals surface area contributed by atoms with E-state index in [0.29, 0.717) is 56.2 Å². The van der Waals surface area contributed by atoms with Gasteiger partial charge in [-0.25, -0.2) is 0 Å². The number of halogens is 1. The molecule has 1 atom stereocenters. The quantitative estimate of drug-likeness (QED) is 0.637. The van der Waals surface area contributed by atoms with Crippen molar-refractivity contribution in [1.29, 1.82) is 0 Å². The molecular formula is C26H39ClN4O3. The van der Waals surface area contributed by atoms with Crippen LogP contribution >= 0.6 is 11.6 Å². The average molecular weight is 491 g/mol. The first-order valence-electron chi connectivity index (χ1n) is 12.3. The highest BCUT2D eigenvalue weighted by Gasteiger charge is 2.34. The molecule has 1 aromatic carbocycles. The van der Waals surface area contributed by atoms with Crippen molar-refractivity contribution < 1.29 is 14.4 Å². The number of carbonyl (C=O) groups is 3. The largest absolute Gasteiger partial charge is 0.355 e. The third-order valence-electron chi connectivity index (χ3n) is 6.81. The monoisotopic (exact) mass is 490 g/mol. The number of benzene rings is 1. The Morgan fingerprint density at radius 1 is 1.00 bits per heavy atom. The second-order valence-electron chi connectivity index (χ2n) is 10.8. The molecule has 1 unspecified atom stereocenters. The van der Waals surface area contributed by atoms with E-state index in [4.69, 9.17) is 11.6 Å². The number of rotatable bonds is 7. The van der Waals surface area contributed by atoms with Crippen molar-refractivity contribution in [3.05, 3.63) is 34.9 Å². The van der Waals surface area contributed by atoms with Crippen LogP contribution in [0.2, 0.25) is 5.02 Å². The number of carbonyl (C=O) groups excluding carboxylic acids is 3. The van der Waals surface area contributed by atoms with Gasteiger partial charge >= 0.3 is 0 Å². The fraction of sp³-hybridized carbons (Fsp3) is 0.654. The average Bonchev–Trinajstić information content (AvgIpc) is 2.81.